The number of benzene rings is 1. The first-order chi connectivity index (χ1) is 13.1. The molecule has 7 nitrogen and oxygen atoms in total. The molecule has 27 heavy (non-hydrogen) atoms. The van der Waals surface area contributed by atoms with Gasteiger partial charge in [0, 0.05) is 38.8 Å². The molecule has 1 aromatic carbocycles. The average Bonchev–Trinajstić information content (AvgIpc) is 3.06. The molecule has 1 unspecified atom stereocenters. The van der Waals surface area contributed by atoms with Crippen molar-refractivity contribution >= 4 is 18.1 Å². The number of nitrogens with zero attached hydrogens (tertiary/aromatic N) is 5. The Morgan fingerprint density at radius 3 is 2.78 bits per heavy atom. The van der Waals surface area contributed by atoms with Gasteiger partial charge < -0.3 is 19.4 Å². The lowest BCUT2D eigenvalue weighted by atomic mass is 10.2. The van der Waals surface area contributed by atoms with E-state index in [0.717, 1.165) is 42.6 Å². The molecule has 3 aliphatic heterocycles. The molecular formula is C20H25N5O2. The number of carbonyl (C=O) groups excluding carboxylic acids is 1. The summed E-state index contributed by atoms with van der Waals surface area (Å²) in [7, 11) is 0. The average molecular weight is 367 g/mol. The molecule has 142 valence electrons. The molecule has 0 spiro atoms. The predicted octanol–water partition coefficient (Wildman–Crippen LogP) is 1.50. The van der Waals surface area contributed by atoms with Crippen molar-refractivity contribution in [2.45, 2.75) is 19.9 Å². The molecule has 0 radical (unpaired) electrons. The monoisotopic (exact) mass is 367 g/mol. The molecule has 0 aromatic heterocycles. The zero-order valence-electron chi connectivity index (χ0n) is 15.8. The topological polar surface area (TPSA) is 60.7 Å². The second kappa shape index (κ2) is 7.42. The van der Waals surface area contributed by atoms with Crippen LogP contribution in [0.2, 0.25) is 0 Å². The fraction of sp³-hybridized carbons (Fsp3) is 0.450. The SMILES string of the molecule is Cc1ccccc1OCC(=O)N1CCN(C2=CC3=NC(C)CN3C=N2)CC1. The van der Waals surface area contributed by atoms with Crippen molar-refractivity contribution in [1.82, 2.24) is 14.7 Å². The zero-order valence-corrected chi connectivity index (χ0v) is 15.8. The van der Waals surface area contributed by atoms with Crippen molar-refractivity contribution < 1.29 is 9.53 Å². The lowest BCUT2D eigenvalue weighted by Crippen LogP contribution is -2.49. The van der Waals surface area contributed by atoms with Crippen LogP contribution in [0.4, 0.5) is 0 Å². The number of hydrogen-bond acceptors (Lipinski definition) is 6. The van der Waals surface area contributed by atoms with Crippen molar-refractivity contribution in [1.29, 1.82) is 0 Å². The minimum atomic E-state index is 0.0270. The first-order valence-corrected chi connectivity index (χ1v) is 9.41. The number of amides is 1. The third-order valence-electron chi connectivity index (χ3n) is 5.10. The van der Waals surface area contributed by atoms with Gasteiger partial charge in [-0.15, -0.1) is 0 Å². The molecule has 3 aliphatic rings. The number of para-hydroxylation sites is 1. The Morgan fingerprint density at radius 2 is 2.00 bits per heavy atom. The van der Waals surface area contributed by atoms with Gasteiger partial charge in [0.15, 0.2) is 6.61 Å². The number of rotatable bonds is 4. The van der Waals surface area contributed by atoms with E-state index in [1.807, 2.05) is 48.5 Å². The predicted molar refractivity (Wildman–Crippen MR) is 105 cm³/mol. The molecule has 1 aromatic rings. The molecule has 4 rings (SSSR count). The van der Waals surface area contributed by atoms with Gasteiger partial charge in [0.2, 0.25) is 0 Å². The molecule has 1 saturated heterocycles. The van der Waals surface area contributed by atoms with Crippen molar-refractivity contribution in [3.63, 3.8) is 0 Å². The summed E-state index contributed by atoms with van der Waals surface area (Å²) in [6, 6.07) is 8.06. The van der Waals surface area contributed by atoms with Crippen LogP contribution in [0.3, 0.4) is 0 Å². The Morgan fingerprint density at radius 1 is 1.22 bits per heavy atom. The van der Waals surface area contributed by atoms with E-state index in [4.69, 9.17) is 4.74 Å². The molecule has 1 amide bonds. The lowest BCUT2D eigenvalue weighted by Gasteiger charge is -2.36. The van der Waals surface area contributed by atoms with Crippen molar-refractivity contribution in [2.75, 3.05) is 39.3 Å². The molecule has 3 heterocycles. The highest BCUT2D eigenvalue weighted by atomic mass is 16.5. The van der Waals surface area contributed by atoms with Gasteiger partial charge in [0.25, 0.3) is 5.91 Å². The third kappa shape index (κ3) is 3.82. The summed E-state index contributed by atoms with van der Waals surface area (Å²) in [4.78, 5) is 27.8. The quantitative estimate of drug-likeness (QED) is 0.809. The number of hydrogen-bond donors (Lipinski definition) is 0. The maximum absolute atomic E-state index is 12.5. The number of aryl methyl sites for hydroxylation is 1. The van der Waals surface area contributed by atoms with Gasteiger partial charge in [-0.25, -0.2) is 4.99 Å². The van der Waals surface area contributed by atoms with E-state index in [0.29, 0.717) is 19.1 Å². The minimum Gasteiger partial charge on any atom is -0.484 e. The first-order valence-electron chi connectivity index (χ1n) is 9.41. The minimum absolute atomic E-state index is 0.0270. The van der Waals surface area contributed by atoms with Gasteiger partial charge in [0.1, 0.15) is 17.4 Å². The Labute approximate surface area is 159 Å². The number of fused-ring (bicyclic) bond motifs is 1. The van der Waals surface area contributed by atoms with Crippen molar-refractivity contribution in [2.24, 2.45) is 9.98 Å². The van der Waals surface area contributed by atoms with E-state index in [2.05, 4.69) is 26.7 Å². The van der Waals surface area contributed by atoms with Crippen LogP contribution in [0.25, 0.3) is 0 Å². The number of amidine groups is 1. The first kappa shape index (κ1) is 17.6. The van der Waals surface area contributed by atoms with Crippen LogP contribution < -0.4 is 4.74 Å². The molecule has 0 saturated carbocycles. The molecular weight excluding hydrogens is 342 g/mol. The summed E-state index contributed by atoms with van der Waals surface area (Å²) < 4.78 is 5.69. The summed E-state index contributed by atoms with van der Waals surface area (Å²) in [6.45, 7) is 7.94. The van der Waals surface area contributed by atoms with Gasteiger partial charge in [-0.3, -0.25) is 9.79 Å². The third-order valence-corrected chi connectivity index (χ3v) is 5.10. The molecule has 7 heteroatoms. The van der Waals surface area contributed by atoms with E-state index in [1.165, 1.54) is 0 Å². The number of ether oxygens (including phenoxy) is 1. The Balaban J connectivity index is 1.29. The smallest absolute Gasteiger partial charge is 0.260 e. The summed E-state index contributed by atoms with van der Waals surface area (Å²) >= 11 is 0. The maximum Gasteiger partial charge on any atom is 0.260 e. The van der Waals surface area contributed by atoms with Crippen molar-refractivity contribution in [3.05, 3.63) is 41.7 Å². The van der Waals surface area contributed by atoms with Crippen LogP contribution in [0.5, 0.6) is 5.75 Å². The summed E-state index contributed by atoms with van der Waals surface area (Å²) in [5, 5.41) is 0. The number of piperazine rings is 1. The maximum atomic E-state index is 12.5. The highest BCUT2D eigenvalue weighted by Gasteiger charge is 2.27. The van der Waals surface area contributed by atoms with Crippen LogP contribution in [-0.4, -0.2) is 78.2 Å². The fourth-order valence-electron chi connectivity index (χ4n) is 3.53. The molecule has 1 atom stereocenters. The normalized spacial score (nSPS) is 21.7. The lowest BCUT2D eigenvalue weighted by molar-refractivity contribution is -0.134. The van der Waals surface area contributed by atoms with E-state index in [9.17, 15) is 4.79 Å². The van der Waals surface area contributed by atoms with Crippen LogP contribution >= 0.6 is 0 Å². The second-order valence-electron chi connectivity index (χ2n) is 7.16. The van der Waals surface area contributed by atoms with Crippen LogP contribution in [-0.2, 0) is 4.79 Å². The zero-order chi connectivity index (χ0) is 18.8. The van der Waals surface area contributed by atoms with E-state index >= 15 is 0 Å². The van der Waals surface area contributed by atoms with Gasteiger partial charge in [0.05, 0.1) is 12.4 Å². The van der Waals surface area contributed by atoms with Crippen LogP contribution in [0.1, 0.15) is 12.5 Å². The Kier molecular flexibility index (Phi) is 4.83. The van der Waals surface area contributed by atoms with Crippen LogP contribution in [0.15, 0.2) is 46.1 Å². The highest BCUT2D eigenvalue weighted by molar-refractivity contribution is 6.03. The molecule has 0 N–H and O–H groups in total. The van der Waals surface area contributed by atoms with E-state index in [-0.39, 0.29) is 12.5 Å². The highest BCUT2D eigenvalue weighted by Crippen LogP contribution is 2.19. The molecule has 0 bridgehead atoms. The molecule has 1 fully saturated rings. The summed E-state index contributed by atoms with van der Waals surface area (Å²) in [6.07, 6.45) is 3.91. The molecule has 0 aliphatic carbocycles. The van der Waals surface area contributed by atoms with E-state index in [1.54, 1.807) is 0 Å². The Bertz CT molecular complexity index is 808. The standard InChI is InChI=1S/C20H25N5O2/c1-15-5-3-4-6-17(15)27-13-20(26)24-9-7-23(8-10-24)18-11-19-22-16(2)12-25(19)14-21-18/h3-6,11,14,16H,7-10,12-13H2,1-2H3. The van der Waals surface area contributed by atoms with Gasteiger partial charge in [-0.1, -0.05) is 18.2 Å². The summed E-state index contributed by atoms with van der Waals surface area (Å²) in [5.74, 6) is 2.71. The Hall–Kier alpha value is -2.83. The number of carbonyl (C=O) groups is 1. The number of aliphatic imine (C=N–C) groups is 2. The summed E-state index contributed by atoms with van der Waals surface area (Å²) in [5.41, 5.74) is 1.04. The van der Waals surface area contributed by atoms with Gasteiger partial charge in [-0.05, 0) is 25.5 Å². The largest absolute Gasteiger partial charge is 0.484 e. The van der Waals surface area contributed by atoms with Gasteiger partial charge in [-0.2, -0.15) is 0 Å². The fourth-order valence-corrected chi connectivity index (χ4v) is 3.53. The second-order valence-corrected chi connectivity index (χ2v) is 7.16. The van der Waals surface area contributed by atoms with Crippen molar-refractivity contribution in [3.8, 4) is 5.75 Å². The van der Waals surface area contributed by atoms with E-state index < -0.39 is 0 Å². The van der Waals surface area contributed by atoms with Gasteiger partial charge >= 0.3 is 0 Å². The van der Waals surface area contributed by atoms with Crippen LogP contribution in [0, 0.1) is 6.92 Å².